The number of H-pyrrole nitrogens is 1. The summed E-state index contributed by atoms with van der Waals surface area (Å²) >= 11 is 0. The van der Waals surface area contributed by atoms with Gasteiger partial charge < -0.3 is 9.55 Å². The molecule has 0 spiro atoms. The maximum Gasteiger partial charge on any atom is 0.295 e. The van der Waals surface area contributed by atoms with Crippen LogP contribution in [0.4, 0.5) is 8.78 Å². The van der Waals surface area contributed by atoms with Crippen molar-refractivity contribution in [2.45, 2.75) is 13.0 Å². The summed E-state index contributed by atoms with van der Waals surface area (Å²) in [5.74, 6) is -0.337. The number of aromatic amines is 1. The number of alkyl halides is 2. The van der Waals surface area contributed by atoms with Gasteiger partial charge in [0.05, 0.1) is 36.2 Å². The van der Waals surface area contributed by atoms with Gasteiger partial charge in [-0.05, 0) is 12.1 Å². The summed E-state index contributed by atoms with van der Waals surface area (Å²) in [5.41, 5.74) is 4.04. The molecular formula is C19H15F2N5. The molecule has 0 aliphatic heterocycles. The molecule has 3 heterocycles. The highest BCUT2D eigenvalue weighted by Gasteiger charge is 2.12. The lowest BCUT2D eigenvalue weighted by atomic mass is 10.2. The summed E-state index contributed by atoms with van der Waals surface area (Å²) in [6.45, 7) is 0.575. The average Bonchev–Trinajstić information content (AvgIpc) is 3.33. The van der Waals surface area contributed by atoms with E-state index < -0.39 is 6.43 Å². The highest BCUT2D eigenvalue weighted by Crippen LogP contribution is 2.21. The van der Waals surface area contributed by atoms with E-state index in [2.05, 4.69) is 19.9 Å². The first-order chi connectivity index (χ1) is 12.7. The second-order valence-corrected chi connectivity index (χ2v) is 5.82. The minimum absolute atomic E-state index is 0.337. The number of rotatable bonds is 5. The number of hydrogen-bond acceptors (Lipinski definition) is 3. The van der Waals surface area contributed by atoms with Gasteiger partial charge in [-0.3, -0.25) is 4.98 Å². The summed E-state index contributed by atoms with van der Waals surface area (Å²) < 4.78 is 27.2. The molecule has 4 aromatic rings. The first-order valence-electron chi connectivity index (χ1n) is 8.04. The third kappa shape index (κ3) is 3.37. The molecule has 1 N–H and O–H groups in total. The van der Waals surface area contributed by atoms with Crippen LogP contribution in [0.1, 0.15) is 17.9 Å². The maximum absolute atomic E-state index is 12.6. The Morgan fingerprint density at radius 2 is 1.77 bits per heavy atom. The van der Waals surface area contributed by atoms with Crippen LogP contribution in [0.5, 0.6) is 0 Å². The van der Waals surface area contributed by atoms with Gasteiger partial charge in [-0.1, -0.05) is 30.3 Å². The van der Waals surface area contributed by atoms with Crippen molar-refractivity contribution in [2.75, 3.05) is 0 Å². The van der Waals surface area contributed by atoms with E-state index in [4.69, 9.17) is 0 Å². The van der Waals surface area contributed by atoms with Crippen LogP contribution in [0.25, 0.3) is 22.5 Å². The van der Waals surface area contributed by atoms with Crippen LogP contribution < -0.4 is 0 Å². The first kappa shape index (κ1) is 16.1. The van der Waals surface area contributed by atoms with Crippen molar-refractivity contribution >= 4 is 0 Å². The molecule has 130 valence electrons. The number of halogens is 2. The van der Waals surface area contributed by atoms with Crippen LogP contribution in [0, 0.1) is 0 Å². The maximum atomic E-state index is 12.6. The fraction of sp³-hybridized carbons (Fsp3) is 0.105. The van der Waals surface area contributed by atoms with Gasteiger partial charge in [0.25, 0.3) is 6.43 Å². The second-order valence-electron chi connectivity index (χ2n) is 5.82. The molecule has 0 aliphatic rings. The van der Waals surface area contributed by atoms with Crippen LogP contribution in [0.3, 0.4) is 0 Å². The summed E-state index contributed by atoms with van der Waals surface area (Å²) in [4.78, 5) is 15.1. The predicted molar refractivity (Wildman–Crippen MR) is 93.5 cm³/mol. The van der Waals surface area contributed by atoms with Crippen molar-refractivity contribution in [3.05, 3.63) is 78.9 Å². The van der Waals surface area contributed by atoms with E-state index in [0.29, 0.717) is 17.8 Å². The van der Waals surface area contributed by atoms with Gasteiger partial charge in [-0.15, -0.1) is 0 Å². The molecule has 0 atom stereocenters. The van der Waals surface area contributed by atoms with Gasteiger partial charge >= 0.3 is 0 Å². The van der Waals surface area contributed by atoms with Gasteiger partial charge in [-0.25, -0.2) is 18.7 Å². The molecule has 0 radical (unpaired) electrons. The van der Waals surface area contributed by atoms with Gasteiger partial charge in [0, 0.05) is 23.5 Å². The Morgan fingerprint density at radius 1 is 0.923 bits per heavy atom. The quantitative estimate of drug-likeness (QED) is 0.582. The largest absolute Gasteiger partial charge is 0.337 e. The number of hydrogen-bond donors (Lipinski definition) is 1. The SMILES string of the molecule is FC(F)c1ncc(-c2ccc(Cn3cnc(-c4ccccc4)c3)nc2)[nH]1. The summed E-state index contributed by atoms with van der Waals surface area (Å²) in [5, 5.41) is 0. The molecule has 7 heteroatoms. The van der Waals surface area contributed by atoms with E-state index in [1.54, 1.807) is 12.5 Å². The van der Waals surface area contributed by atoms with E-state index in [1.807, 2.05) is 53.2 Å². The predicted octanol–water partition coefficient (Wildman–Crippen LogP) is 4.32. The van der Waals surface area contributed by atoms with Gasteiger partial charge in [0.1, 0.15) is 0 Å². The molecule has 0 bridgehead atoms. The number of nitrogens with zero attached hydrogens (tertiary/aromatic N) is 4. The van der Waals surface area contributed by atoms with E-state index >= 15 is 0 Å². The summed E-state index contributed by atoms with van der Waals surface area (Å²) in [6, 6.07) is 13.6. The molecule has 5 nitrogen and oxygen atoms in total. The molecule has 0 aliphatic carbocycles. The van der Waals surface area contributed by atoms with E-state index in [-0.39, 0.29) is 5.82 Å². The highest BCUT2D eigenvalue weighted by molar-refractivity contribution is 5.58. The minimum Gasteiger partial charge on any atom is -0.337 e. The lowest BCUT2D eigenvalue weighted by Gasteiger charge is -2.03. The second kappa shape index (κ2) is 6.87. The first-order valence-corrected chi connectivity index (χ1v) is 8.04. The smallest absolute Gasteiger partial charge is 0.295 e. The molecule has 0 saturated carbocycles. The standard InChI is InChI=1S/C19H15F2N5/c20-18(21)19-23-9-16(25-19)14-6-7-15(22-8-14)10-26-11-17(24-12-26)13-4-2-1-3-5-13/h1-9,11-12,18H,10H2,(H,23,25). The van der Waals surface area contributed by atoms with E-state index in [0.717, 1.165) is 17.0 Å². The molecule has 0 unspecified atom stereocenters. The van der Waals surface area contributed by atoms with Gasteiger partial charge in [-0.2, -0.15) is 0 Å². The van der Waals surface area contributed by atoms with Crippen LogP contribution in [-0.4, -0.2) is 24.5 Å². The zero-order valence-electron chi connectivity index (χ0n) is 13.7. The van der Waals surface area contributed by atoms with Crippen molar-refractivity contribution in [2.24, 2.45) is 0 Å². The molecule has 4 rings (SSSR count). The summed E-state index contributed by atoms with van der Waals surface area (Å²) in [6.07, 6.45) is 4.15. The highest BCUT2D eigenvalue weighted by atomic mass is 19.3. The Labute approximate surface area is 148 Å². The number of benzene rings is 1. The number of pyridine rings is 1. The van der Waals surface area contributed by atoms with Crippen LogP contribution >= 0.6 is 0 Å². The minimum atomic E-state index is -2.61. The van der Waals surface area contributed by atoms with Crippen molar-refractivity contribution in [3.63, 3.8) is 0 Å². The Morgan fingerprint density at radius 3 is 2.46 bits per heavy atom. The Hall–Kier alpha value is -3.35. The zero-order chi connectivity index (χ0) is 17.9. The Kier molecular flexibility index (Phi) is 4.27. The monoisotopic (exact) mass is 351 g/mol. The normalized spacial score (nSPS) is 11.2. The van der Waals surface area contributed by atoms with Crippen LogP contribution in [-0.2, 0) is 6.54 Å². The van der Waals surface area contributed by atoms with Crippen molar-refractivity contribution in [1.29, 1.82) is 0 Å². The fourth-order valence-corrected chi connectivity index (χ4v) is 2.66. The lowest BCUT2D eigenvalue weighted by Crippen LogP contribution is -1.99. The molecule has 0 amide bonds. The molecule has 1 aromatic carbocycles. The fourth-order valence-electron chi connectivity index (χ4n) is 2.66. The molecule has 0 fully saturated rings. The molecule has 26 heavy (non-hydrogen) atoms. The van der Waals surface area contributed by atoms with Crippen LogP contribution in [0.15, 0.2) is 67.4 Å². The number of aromatic nitrogens is 5. The number of imidazole rings is 2. The van der Waals surface area contributed by atoms with Crippen molar-refractivity contribution in [1.82, 2.24) is 24.5 Å². The van der Waals surface area contributed by atoms with Crippen molar-refractivity contribution < 1.29 is 8.78 Å². The van der Waals surface area contributed by atoms with E-state index in [9.17, 15) is 8.78 Å². The summed E-state index contributed by atoms with van der Waals surface area (Å²) in [7, 11) is 0. The van der Waals surface area contributed by atoms with E-state index in [1.165, 1.54) is 6.20 Å². The lowest BCUT2D eigenvalue weighted by molar-refractivity contribution is 0.141. The molecular weight excluding hydrogens is 336 g/mol. The molecule has 3 aromatic heterocycles. The third-order valence-corrected chi connectivity index (χ3v) is 3.99. The zero-order valence-corrected chi connectivity index (χ0v) is 13.7. The third-order valence-electron chi connectivity index (χ3n) is 3.99. The Bertz CT molecular complexity index is 990. The Balaban J connectivity index is 1.48. The topological polar surface area (TPSA) is 59.4 Å². The molecule has 0 saturated heterocycles. The van der Waals surface area contributed by atoms with Gasteiger partial charge in [0.15, 0.2) is 5.82 Å². The number of nitrogens with one attached hydrogen (secondary N) is 1. The van der Waals surface area contributed by atoms with Gasteiger partial charge in [0.2, 0.25) is 0 Å². The van der Waals surface area contributed by atoms with Crippen LogP contribution in [0.2, 0.25) is 0 Å². The van der Waals surface area contributed by atoms with Crippen molar-refractivity contribution in [3.8, 4) is 22.5 Å². The average molecular weight is 351 g/mol.